The summed E-state index contributed by atoms with van der Waals surface area (Å²) in [5, 5.41) is 40.3. The second-order valence-electron chi connectivity index (χ2n) is 9.73. The molecular weight excluding hydrogens is 582 g/mol. The molecule has 12 heteroatoms. The summed E-state index contributed by atoms with van der Waals surface area (Å²) in [7, 11) is 0. The Morgan fingerprint density at radius 1 is 0.822 bits per heavy atom. The fraction of sp³-hybridized carbons (Fsp3) is 0.424. The summed E-state index contributed by atoms with van der Waals surface area (Å²) in [6, 6.07) is 1.07. The molecule has 1 aromatic carbocycles. The lowest BCUT2D eigenvalue weighted by Gasteiger charge is -2.19. The number of esters is 1. The molecule has 0 saturated carbocycles. The fourth-order valence-electron chi connectivity index (χ4n) is 3.59. The third-order valence-corrected chi connectivity index (χ3v) is 5.97. The van der Waals surface area contributed by atoms with Crippen molar-refractivity contribution in [1.29, 1.82) is 0 Å². The number of aromatic hydroxyl groups is 3. The number of unbranched alkanes of at least 4 members (excludes halogenated alkanes) is 1. The molecule has 1 rings (SSSR count). The number of hydrazine groups is 1. The Bertz CT molecular complexity index is 1190. The summed E-state index contributed by atoms with van der Waals surface area (Å²) >= 11 is 0. The molecule has 12 nitrogen and oxygen atoms in total. The van der Waals surface area contributed by atoms with Gasteiger partial charge < -0.3 is 35.2 Å². The van der Waals surface area contributed by atoms with E-state index in [4.69, 9.17) is 9.47 Å². The number of phenols is 3. The highest BCUT2D eigenvalue weighted by molar-refractivity contribution is 5.85. The maximum Gasteiger partial charge on any atom is 0.410 e. The van der Waals surface area contributed by atoms with Crippen molar-refractivity contribution < 1.29 is 44.3 Å². The lowest BCUT2D eigenvalue weighted by molar-refractivity contribution is -0.165. The minimum absolute atomic E-state index is 0.130. The van der Waals surface area contributed by atoms with E-state index in [1.807, 2.05) is 12.2 Å². The maximum atomic E-state index is 12.2. The first-order valence-electron chi connectivity index (χ1n) is 15.0. The Morgan fingerprint density at radius 3 is 1.98 bits per heavy atom. The third-order valence-electron chi connectivity index (χ3n) is 5.97. The summed E-state index contributed by atoms with van der Waals surface area (Å²) in [4.78, 5) is 36.4. The summed E-state index contributed by atoms with van der Waals surface area (Å²) in [5.41, 5.74) is 4.84. The monoisotopic (exact) mass is 629 g/mol. The molecule has 0 aliphatic heterocycles. The Kier molecular flexibility index (Phi) is 20.4. The van der Waals surface area contributed by atoms with Gasteiger partial charge in [-0.05, 0) is 51.0 Å². The molecule has 7 N–H and O–H groups in total. The molecule has 2 unspecified atom stereocenters. The number of carbonyl (C=O) groups excluding carboxylic acids is 3. The van der Waals surface area contributed by atoms with Crippen molar-refractivity contribution in [2.75, 3.05) is 6.61 Å². The van der Waals surface area contributed by atoms with Gasteiger partial charge in [-0.3, -0.25) is 15.0 Å². The number of allylic oxidation sites excluding steroid dienone is 10. The van der Waals surface area contributed by atoms with Gasteiger partial charge in [-0.25, -0.2) is 10.2 Å². The average molecular weight is 630 g/mol. The smallest absolute Gasteiger partial charge is 0.410 e. The number of nitrogens with one attached hydrogen (secondary N) is 3. The van der Waals surface area contributed by atoms with E-state index in [1.165, 1.54) is 13.0 Å². The summed E-state index contributed by atoms with van der Waals surface area (Å²) in [6.45, 7) is 2.55. The number of aliphatic hydroxyl groups excluding tert-OH is 1. The zero-order valence-electron chi connectivity index (χ0n) is 26.0. The van der Waals surface area contributed by atoms with Crippen LogP contribution < -0.4 is 16.2 Å². The molecule has 0 spiro atoms. The number of benzene rings is 1. The second kappa shape index (κ2) is 23.9. The first-order valence-corrected chi connectivity index (χ1v) is 15.0. The molecule has 0 aliphatic rings. The number of phenolic OH excluding ortho intramolecular Hbond substituents is 3. The minimum Gasteiger partial charge on any atom is -0.504 e. The van der Waals surface area contributed by atoms with Gasteiger partial charge in [0.05, 0.1) is 6.61 Å². The molecular formula is C33H47N3O9. The van der Waals surface area contributed by atoms with Crippen molar-refractivity contribution >= 4 is 18.0 Å². The quantitative estimate of drug-likeness (QED) is 0.0248. The van der Waals surface area contributed by atoms with Crippen LogP contribution in [0.2, 0.25) is 0 Å². The van der Waals surface area contributed by atoms with Crippen LogP contribution in [0.25, 0.3) is 0 Å². The van der Waals surface area contributed by atoms with Crippen molar-refractivity contribution in [3.8, 4) is 17.2 Å². The number of alkyl carbamates (subject to hydrolysis) is 1. The molecule has 0 fully saturated rings. The highest BCUT2D eigenvalue weighted by atomic mass is 16.7. The molecule has 0 saturated heterocycles. The molecule has 0 aromatic heterocycles. The van der Waals surface area contributed by atoms with Gasteiger partial charge in [0.25, 0.3) is 5.91 Å². The highest BCUT2D eigenvalue weighted by Gasteiger charge is 2.23. The lowest BCUT2D eigenvalue weighted by atomic mass is 10.2. The minimum atomic E-state index is -1.40. The SMILES string of the molecule is CC/C=C\C/C=C\C/C=C\C/C=C\C/C=C\CCCC(=O)OC(C)OC(=O)NC(CO)C(=O)NNCc1ccc(O)c(O)c1O. The standard InChI is InChI=1S/C33H47N3O9/c1-3-4-5-6-7-8-9-10-11-12-13-14-15-16-17-18-19-20-29(39)44-25(2)45-33(43)35-27(24-37)32(42)36-34-23-26-21-22-28(38)31(41)30(26)40/h4-5,7-8,10-11,13-14,16-17,21-22,25,27,34,37-38,40-41H,3,6,9,12,15,18-20,23-24H2,1-2H3,(H,35,43)(H,36,42)/b5-4-,8-7-,11-10-,14-13-,17-16-. The predicted molar refractivity (Wildman–Crippen MR) is 171 cm³/mol. The van der Waals surface area contributed by atoms with Crippen molar-refractivity contribution in [2.45, 2.75) is 84.1 Å². The molecule has 0 bridgehead atoms. The van der Waals surface area contributed by atoms with Gasteiger partial charge in [-0.2, -0.15) is 0 Å². The summed E-state index contributed by atoms with van der Waals surface area (Å²) in [5.74, 6) is -3.18. The van der Waals surface area contributed by atoms with Gasteiger partial charge in [-0.1, -0.05) is 73.8 Å². The molecule has 2 atom stereocenters. The van der Waals surface area contributed by atoms with Gasteiger partial charge in [0.2, 0.25) is 12.0 Å². The van der Waals surface area contributed by atoms with Crippen molar-refractivity contribution in [3.05, 3.63) is 78.5 Å². The first kappa shape index (κ1) is 38.5. The van der Waals surface area contributed by atoms with E-state index < -0.39 is 54.2 Å². The molecule has 1 aromatic rings. The Hall–Kier alpha value is -4.55. The van der Waals surface area contributed by atoms with E-state index in [-0.39, 0.29) is 18.5 Å². The number of carbonyl (C=O) groups is 3. The van der Waals surface area contributed by atoms with E-state index in [2.05, 4.69) is 71.7 Å². The maximum absolute atomic E-state index is 12.2. The van der Waals surface area contributed by atoms with Crippen LogP contribution in [0.3, 0.4) is 0 Å². The molecule has 248 valence electrons. The largest absolute Gasteiger partial charge is 0.504 e. The predicted octanol–water partition coefficient (Wildman–Crippen LogP) is 4.82. The number of aliphatic hydroxyl groups is 1. The van der Waals surface area contributed by atoms with E-state index in [9.17, 15) is 34.8 Å². The van der Waals surface area contributed by atoms with Crippen LogP contribution >= 0.6 is 0 Å². The van der Waals surface area contributed by atoms with E-state index in [0.717, 1.165) is 38.2 Å². The number of hydrogen-bond donors (Lipinski definition) is 7. The van der Waals surface area contributed by atoms with Crippen molar-refractivity contribution in [1.82, 2.24) is 16.2 Å². The van der Waals surface area contributed by atoms with Gasteiger partial charge in [0.1, 0.15) is 6.04 Å². The number of ether oxygens (including phenoxy) is 2. The topological polar surface area (TPSA) is 187 Å². The van der Waals surface area contributed by atoms with Gasteiger partial charge >= 0.3 is 12.1 Å². The summed E-state index contributed by atoms with van der Waals surface area (Å²) < 4.78 is 9.99. The number of rotatable bonds is 21. The van der Waals surface area contributed by atoms with Crippen LogP contribution in [0.5, 0.6) is 17.2 Å². The van der Waals surface area contributed by atoms with Gasteiger partial charge in [0.15, 0.2) is 11.5 Å². The van der Waals surface area contributed by atoms with Crippen LogP contribution in [-0.4, -0.2) is 57.3 Å². The zero-order chi connectivity index (χ0) is 33.3. The molecule has 0 heterocycles. The van der Waals surface area contributed by atoms with Crippen LogP contribution in [-0.2, 0) is 25.6 Å². The highest BCUT2D eigenvalue weighted by Crippen LogP contribution is 2.36. The van der Waals surface area contributed by atoms with Crippen LogP contribution in [0.4, 0.5) is 4.79 Å². The molecule has 0 aliphatic carbocycles. The Balaban J connectivity index is 2.20. The van der Waals surface area contributed by atoms with Gasteiger partial charge in [0, 0.05) is 25.5 Å². The average Bonchev–Trinajstić information content (AvgIpc) is 3.01. The Morgan fingerprint density at radius 2 is 1.40 bits per heavy atom. The van der Waals surface area contributed by atoms with Crippen molar-refractivity contribution in [2.24, 2.45) is 0 Å². The van der Waals surface area contributed by atoms with Crippen molar-refractivity contribution in [3.63, 3.8) is 0 Å². The third kappa shape index (κ3) is 18.0. The first-order chi connectivity index (χ1) is 21.7. The molecule has 0 radical (unpaired) electrons. The number of hydrogen-bond acceptors (Lipinski definition) is 10. The zero-order valence-corrected chi connectivity index (χ0v) is 26.0. The summed E-state index contributed by atoms with van der Waals surface area (Å²) in [6.07, 6.45) is 24.9. The van der Waals surface area contributed by atoms with Crippen LogP contribution in [0, 0.1) is 0 Å². The van der Waals surface area contributed by atoms with Crippen LogP contribution in [0.15, 0.2) is 72.9 Å². The Labute approximate surface area is 264 Å². The lowest BCUT2D eigenvalue weighted by Crippen LogP contribution is -2.52. The second-order valence-corrected chi connectivity index (χ2v) is 9.73. The normalized spacial score (nSPS) is 13.2. The van der Waals surface area contributed by atoms with E-state index in [1.54, 1.807) is 0 Å². The van der Waals surface area contributed by atoms with E-state index >= 15 is 0 Å². The molecule has 2 amide bonds. The van der Waals surface area contributed by atoms with Gasteiger partial charge in [-0.15, -0.1) is 0 Å². The molecule has 45 heavy (non-hydrogen) atoms. The van der Waals surface area contributed by atoms with E-state index in [0.29, 0.717) is 12.8 Å². The van der Waals surface area contributed by atoms with Crippen LogP contribution in [0.1, 0.15) is 70.8 Å². The number of amides is 2. The fourth-order valence-corrected chi connectivity index (χ4v) is 3.59.